The minimum atomic E-state index is -4.44. The van der Waals surface area contributed by atoms with Crippen LogP contribution in [0.15, 0.2) is 18.7 Å². The molecule has 1 N–H and O–H groups in total. The molecule has 3 fully saturated rings. The second-order valence-electron chi connectivity index (χ2n) is 9.22. The number of aromatic nitrogens is 7. The maximum Gasteiger partial charge on any atom is 0.419 e. The summed E-state index contributed by atoms with van der Waals surface area (Å²) in [7, 11) is 1.93. The van der Waals surface area contributed by atoms with E-state index < -0.39 is 11.7 Å². The number of aryl methyl sites for hydroxylation is 2. The Hall–Kier alpha value is -2.98. The second-order valence-corrected chi connectivity index (χ2v) is 9.22. The van der Waals surface area contributed by atoms with Gasteiger partial charge in [-0.25, -0.2) is 15.0 Å². The first kappa shape index (κ1) is 19.7. The largest absolute Gasteiger partial charge is 0.419 e. The zero-order chi connectivity index (χ0) is 22.2. The normalized spacial score (nSPS) is 26.9. The highest BCUT2D eigenvalue weighted by Gasteiger charge is 2.58. The summed E-state index contributed by atoms with van der Waals surface area (Å²) in [6, 6.07) is 0.305. The Morgan fingerprint density at radius 2 is 1.88 bits per heavy atom. The van der Waals surface area contributed by atoms with E-state index in [4.69, 9.17) is 0 Å². The summed E-state index contributed by atoms with van der Waals surface area (Å²) in [5.74, 6) is 2.79. The van der Waals surface area contributed by atoms with Crippen LogP contribution in [-0.4, -0.2) is 34.5 Å². The fourth-order valence-electron chi connectivity index (χ4n) is 5.27. The van der Waals surface area contributed by atoms with Crippen molar-refractivity contribution in [2.24, 2.45) is 18.9 Å². The Labute approximate surface area is 182 Å². The minimum Gasteiger partial charge on any atom is -0.321 e. The molecule has 0 saturated heterocycles. The number of nitrogens with one attached hydrogen (secondary N) is 1. The van der Waals surface area contributed by atoms with Gasteiger partial charge in [0.2, 0.25) is 5.95 Å². The Bertz CT molecular complexity index is 1170. The minimum absolute atomic E-state index is 0.0886. The van der Waals surface area contributed by atoms with Gasteiger partial charge in [0.25, 0.3) is 0 Å². The van der Waals surface area contributed by atoms with Gasteiger partial charge in [0.05, 0.1) is 28.7 Å². The molecule has 3 heterocycles. The van der Waals surface area contributed by atoms with Crippen molar-refractivity contribution in [1.29, 1.82) is 0 Å². The first-order valence-electron chi connectivity index (χ1n) is 10.9. The molecule has 3 saturated carbocycles. The first-order valence-corrected chi connectivity index (χ1v) is 10.9. The summed E-state index contributed by atoms with van der Waals surface area (Å²) in [5.41, 5.74) is 0.843. The maximum absolute atomic E-state index is 13.3. The summed E-state index contributed by atoms with van der Waals surface area (Å²) in [6.07, 6.45) is 3.50. The zero-order valence-electron chi connectivity index (χ0n) is 17.7. The molecule has 3 aliphatic carbocycles. The number of alkyl halides is 3. The van der Waals surface area contributed by atoms with E-state index in [1.165, 1.54) is 0 Å². The van der Waals surface area contributed by atoms with Gasteiger partial charge in [-0.1, -0.05) is 0 Å². The van der Waals surface area contributed by atoms with Crippen molar-refractivity contribution in [1.82, 2.24) is 34.5 Å². The second kappa shape index (κ2) is 6.76. The van der Waals surface area contributed by atoms with Crippen LogP contribution >= 0.6 is 0 Å². The lowest BCUT2D eigenvalue weighted by Gasteiger charge is -2.14. The van der Waals surface area contributed by atoms with Gasteiger partial charge in [0, 0.05) is 31.3 Å². The number of hydrogen-bond acceptors (Lipinski definition) is 6. The molecular formula is C21H23F3N8. The van der Waals surface area contributed by atoms with E-state index in [9.17, 15) is 13.2 Å². The van der Waals surface area contributed by atoms with Gasteiger partial charge < -0.3 is 5.32 Å². The van der Waals surface area contributed by atoms with Gasteiger partial charge >= 0.3 is 6.18 Å². The van der Waals surface area contributed by atoms with E-state index in [1.807, 2.05) is 29.5 Å². The standard InChI is InChI=1S/C21H23F3N8/c1-10-16(28-20-25-7-15(21(22,23)24)18(29-20)11-3-4-11)8-32(30-10)12-5-13-14(6-12)17(13)19-26-9-27-31(19)2/h7-9,11-14,17H,3-6H2,1-2H3,(H,25,28,29)/t12?,13-,14+,17?. The van der Waals surface area contributed by atoms with Gasteiger partial charge in [-0.05, 0) is 44.4 Å². The van der Waals surface area contributed by atoms with Crippen molar-refractivity contribution < 1.29 is 13.2 Å². The predicted octanol–water partition coefficient (Wildman–Crippen LogP) is 4.11. The highest BCUT2D eigenvalue weighted by atomic mass is 19.4. The molecule has 2 unspecified atom stereocenters. The Balaban J connectivity index is 1.17. The van der Waals surface area contributed by atoms with Crippen LogP contribution in [0.4, 0.5) is 24.8 Å². The molecule has 0 spiro atoms. The average molecular weight is 444 g/mol. The molecule has 3 aromatic heterocycles. The van der Waals surface area contributed by atoms with Crippen LogP contribution in [0.2, 0.25) is 0 Å². The number of nitrogens with zero attached hydrogens (tertiary/aromatic N) is 7. The van der Waals surface area contributed by atoms with Gasteiger partial charge in [0.15, 0.2) is 0 Å². The van der Waals surface area contributed by atoms with E-state index in [0.717, 1.165) is 49.1 Å². The van der Waals surface area contributed by atoms with Crippen molar-refractivity contribution in [3.05, 3.63) is 41.5 Å². The number of fused-ring (bicyclic) bond motifs is 1. The van der Waals surface area contributed by atoms with Gasteiger partial charge in [-0.3, -0.25) is 9.36 Å². The van der Waals surface area contributed by atoms with Crippen LogP contribution in [0.5, 0.6) is 0 Å². The molecule has 32 heavy (non-hydrogen) atoms. The first-order chi connectivity index (χ1) is 15.3. The smallest absolute Gasteiger partial charge is 0.321 e. The third-order valence-corrected chi connectivity index (χ3v) is 7.09. The van der Waals surface area contributed by atoms with Crippen molar-refractivity contribution in [2.75, 3.05) is 5.32 Å². The molecule has 0 bridgehead atoms. The summed E-state index contributed by atoms with van der Waals surface area (Å²) < 4.78 is 43.7. The number of hydrogen-bond donors (Lipinski definition) is 1. The lowest BCUT2D eigenvalue weighted by molar-refractivity contribution is -0.138. The van der Waals surface area contributed by atoms with Crippen molar-refractivity contribution >= 4 is 11.6 Å². The Morgan fingerprint density at radius 3 is 2.50 bits per heavy atom. The maximum atomic E-state index is 13.3. The van der Waals surface area contributed by atoms with Crippen molar-refractivity contribution in [3.8, 4) is 0 Å². The molecule has 3 aromatic rings. The van der Waals surface area contributed by atoms with Gasteiger partial charge in [-0.15, -0.1) is 0 Å². The fraction of sp³-hybridized carbons (Fsp3) is 0.571. The van der Waals surface area contributed by atoms with E-state index in [0.29, 0.717) is 23.8 Å². The lowest BCUT2D eigenvalue weighted by Crippen LogP contribution is -2.12. The molecule has 3 aliphatic rings. The van der Waals surface area contributed by atoms with Gasteiger partial charge in [0.1, 0.15) is 12.2 Å². The average Bonchev–Trinajstić information content (AvgIpc) is 3.55. The molecule has 0 aromatic carbocycles. The molecule has 0 amide bonds. The van der Waals surface area contributed by atoms with Crippen LogP contribution in [-0.2, 0) is 13.2 Å². The molecule has 6 rings (SSSR count). The van der Waals surface area contributed by atoms with E-state index in [1.54, 1.807) is 6.33 Å². The monoisotopic (exact) mass is 444 g/mol. The van der Waals surface area contributed by atoms with Crippen LogP contribution in [0.3, 0.4) is 0 Å². The van der Waals surface area contributed by atoms with Crippen molar-refractivity contribution in [2.45, 2.75) is 56.7 Å². The summed E-state index contributed by atoms with van der Waals surface area (Å²) >= 11 is 0. The summed E-state index contributed by atoms with van der Waals surface area (Å²) in [5, 5.41) is 11.9. The zero-order valence-corrected chi connectivity index (χ0v) is 17.7. The SMILES string of the molecule is Cc1nn(C2C[C@@H]3C(c4ncnn4C)[C@@H]3C2)cc1Nc1ncc(C(F)(F)F)c(C2CC2)n1. The number of rotatable bonds is 5. The highest BCUT2D eigenvalue weighted by Crippen LogP contribution is 2.65. The quantitative estimate of drug-likeness (QED) is 0.637. The van der Waals surface area contributed by atoms with Crippen LogP contribution in [0.25, 0.3) is 0 Å². The third-order valence-electron chi connectivity index (χ3n) is 7.09. The fourth-order valence-corrected chi connectivity index (χ4v) is 5.27. The molecule has 0 radical (unpaired) electrons. The third kappa shape index (κ3) is 3.25. The van der Waals surface area contributed by atoms with Crippen LogP contribution < -0.4 is 5.32 Å². The number of halogens is 3. The molecular weight excluding hydrogens is 421 g/mol. The molecule has 168 valence electrons. The molecule has 8 nitrogen and oxygen atoms in total. The topological polar surface area (TPSA) is 86.3 Å². The van der Waals surface area contributed by atoms with E-state index >= 15 is 0 Å². The summed E-state index contributed by atoms with van der Waals surface area (Å²) in [6.45, 7) is 1.88. The predicted molar refractivity (Wildman–Crippen MR) is 108 cm³/mol. The summed E-state index contributed by atoms with van der Waals surface area (Å²) in [4.78, 5) is 12.5. The highest BCUT2D eigenvalue weighted by molar-refractivity contribution is 5.55. The van der Waals surface area contributed by atoms with E-state index in [2.05, 4.69) is 30.5 Å². The van der Waals surface area contributed by atoms with Crippen molar-refractivity contribution in [3.63, 3.8) is 0 Å². The molecule has 4 atom stereocenters. The number of anilines is 2. The Morgan fingerprint density at radius 1 is 1.12 bits per heavy atom. The molecule has 11 heteroatoms. The lowest BCUT2D eigenvalue weighted by atomic mass is 10.1. The van der Waals surface area contributed by atoms with Gasteiger partial charge in [-0.2, -0.15) is 23.4 Å². The van der Waals surface area contributed by atoms with Crippen LogP contribution in [0, 0.1) is 18.8 Å². The van der Waals surface area contributed by atoms with E-state index in [-0.39, 0.29) is 17.6 Å². The Kier molecular flexibility index (Phi) is 4.16. The molecule has 0 aliphatic heterocycles. The van der Waals surface area contributed by atoms with Crippen LogP contribution in [0.1, 0.15) is 66.3 Å².